The van der Waals surface area contributed by atoms with Gasteiger partial charge >= 0.3 is 0 Å². The summed E-state index contributed by atoms with van der Waals surface area (Å²) in [7, 11) is -2.54. The lowest BCUT2D eigenvalue weighted by molar-refractivity contribution is -0.122. The molecular formula is C21H28N2O4S. The fourth-order valence-electron chi connectivity index (χ4n) is 2.76. The summed E-state index contributed by atoms with van der Waals surface area (Å²) in [6, 6.07) is 14.2. The largest absolute Gasteiger partial charge is 0.495 e. The number of rotatable bonds is 7. The van der Waals surface area contributed by atoms with Crippen molar-refractivity contribution < 1.29 is 17.9 Å². The molecular weight excluding hydrogens is 376 g/mol. The van der Waals surface area contributed by atoms with Gasteiger partial charge in [-0.15, -0.1) is 0 Å². The highest BCUT2D eigenvalue weighted by Gasteiger charge is 2.30. The van der Waals surface area contributed by atoms with E-state index in [1.807, 2.05) is 58.0 Å². The first-order valence-corrected chi connectivity index (χ1v) is 10.5. The third-order valence-corrected chi connectivity index (χ3v) is 5.79. The Kier molecular flexibility index (Phi) is 6.85. The molecule has 152 valence electrons. The lowest BCUT2D eigenvalue weighted by Crippen LogP contribution is -2.47. The van der Waals surface area contributed by atoms with Crippen LogP contribution in [0.1, 0.15) is 31.9 Å². The van der Waals surface area contributed by atoms with Crippen molar-refractivity contribution in [2.24, 2.45) is 0 Å². The summed E-state index contributed by atoms with van der Waals surface area (Å²) in [6.07, 6.45) is 0. The van der Waals surface area contributed by atoms with Gasteiger partial charge in [-0.2, -0.15) is 4.31 Å². The van der Waals surface area contributed by atoms with Crippen molar-refractivity contribution in [2.75, 3.05) is 13.7 Å². The van der Waals surface area contributed by atoms with Gasteiger partial charge in [-0.05, 0) is 51.0 Å². The zero-order chi connectivity index (χ0) is 20.9. The number of nitrogens with zero attached hydrogens (tertiary/aromatic N) is 1. The maximum Gasteiger partial charge on any atom is 0.247 e. The number of methoxy groups -OCH3 is 1. The van der Waals surface area contributed by atoms with Gasteiger partial charge in [0, 0.05) is 12.1 Å². The van der Waals surface area contributed by atoms with E-state index < -0.39 is 15.6 Å². The van der Waals surface area contributed by atoms with Gasteiger partial charge in [-0.3, -0.25) is 4.79 Å². The normalized spacial score (nSPS) is 12.1. The van der Waals surface area contributed by atoms with Gasteiger partial charge < -0.3 is 10.1 Å². The molecule has 1 amide bonds. The Morgan fingerprint density at radius 1 is 1.11 bits per heavy atom. The Hall–Kier alpha value is -2.38. The lowest BCUT2D eigenvalue weighted by Gasteiger charge is -2.26. The zero-order valence-electron chi connectivity index (χ0n) is 17.0. The molecule has 0 aliphatic rings. The van der Waals surface area contributed by atoms with E-state index in [1.54, 1.807) is 18.2 Å². The molecule has 0 aliphatic heterocycles. The van der Waals surface area contributed by atoms with Crippen LogP contribution < -0.4 is 10.1 Å². The standard InChI is InChI=1S/C21H28N2O4S/c1-16-11-12-18(27-5)19(13-16)28(25,26)23(14-17-9-7-6-8-10-17)15-20(24)22-21(2,3)4/h6-13H,14-15H2,1-5H3,(H,22,24). The number of benzene rings is 2. The summed E-state index contributed by atoms with van der Waals surface area (Å²) in [5.41, 5.74) is 1.12. The predicted molar refractivity (Wildman–Crippen MR) is 110 cm³/mol. The minimum Gasteiger partial charge on any atom is -0.495 e. The fourth-order valence-corrected chi connectivity index (χ4v) is 4.38. The van der Waals surface area contributed by atoms with Crippen molar-refractivity contribution in [3.05, 3.63) is 59.7 Å². The van der Waals surface area contributed by atoms with Gasteiger partial charge in [0.2, 0.25) is 15.9 Å². The molecule has 0 aliphatic carbocycles. The van der Waals surface area contributed by atoms with E-state index in [4.69, 9.17) is 4.74 Å². The first-order chi connectivity index (χ1) is 13.0. The van der Waals surface area contributed by atoms with Crippen LogP contribution in [0.4, 0.5) is 0 Å². The zero-order valence-corrected chi connectivity index (χ0v) is 17.8. The van der Waals surface area contributed by atoms with Crippen molar-refractivity contribution in [1.82, 2.24) is 9.62 Å². The molecule has 0 unspecified atom stereocenters. The maximum atomic E-state index is 13.4. The highest BCUT2D eigenvalue weighted by Crippen LogP contribution is 2.28. The summed E-state index contributed by atoms with van der Waals surface area (Å²) in [4.78, 5) is 12.6. The molecule has 2 aromatic carbocycles. The van der Waals surface area contributed by atoms with Crippen molar-refractivity contribution in [3.8, 4) is 5.75 Å². The van der Waals surface area contributed by atoms with E-state index >= 15 is 0 Å². The van der Waals surface area contributed by atoms with Crippen LogP contribution in [0.3, 0.4) is 0 Å². The summed E-state index contributed by atoms with van der Waals surface area (Å²) in [6.45, 7) is 7.16. The van der Waals surface area contributed by atoms with Gasteiger partial charge in [-0.1, -0.05) is 36.4 Å². The highest BCUT2D eigenvalue weighted by atomic mass is 32.2. The Labute approximate surface area is 167 Å². The number of carbonyl (C=O) groups is 1. The number of nitrogens with one attached hydrogen (secondary N) is 1. The molecule has 2 rings (SSSR count). The van der Waals surface area contributed by atoms with E-state index in [1.165, 1.54) is 11.4 Å². The van der Waals surface area contributed by atoms with Gasteiger partial charge in [0.05, 0.1) is 13.7 Å². The fraction of sp³-hybridized carbons (Fsp3) is 0.381. The van der Waals surface area contributed by atoms with Gasteiger partial charge in [-0.25, -0.2) is 8.42 Å². The van der Waals surface area contributed by atoms with Crippen LogP contribution in [0, 0.1) is 6.92 Å². The van der Waals surface area contributed by atoms with Crippen LogP contribution in [0.25, 0.3) is 0 Å². The maximum absolute atomic E-state index is 13.4. The number of carbonyl (C=O) groups excluding carboxylic acids is 1. The van der Waals surface area contributed by atoms with Crippen molar-refractivity contribution >= 4 is 15.9 Å². The van der Waals surface area contributed by atoms with E-state index in [2.05, 4.69) is 5.32 Å². The molecule has 7 heteroatoms. The smallest absolute Gasteiger partial charge is 0.247 e. The average molecular weight is 405 g/mol. The number of aryl methyl sites for hydroxylation is 1. The second-order valence-corrected chi connectivity index (χ2v) is 9.62. The lowest BCUT2D eigenvalue weighted by atomic mass is 10.1. The average Bonchev–Trinajstić information content (AvgIpc) is 2.60. The molecule has 2 aromatic rings. The topological polar surface area (TPSA) is 75.7 Å². The quantitative estimate of drug-likeness (QED) is 0.769. The van der Waals surface area contributed by atoms with E-state index in [9.17, 15) is 13.2 Å². The Balaban J connectivity index is 2.44. The SMILES string of the molecule is COc1ccc(C)cc1S(=O)(=O)N(CC(=O)NC(C)(C)C)Cc1ccccc1. The molecule has 0 radical (unpaired) electrons. The van der Waals surface area contributed by atoms with Crippen LogP contribution in [-0.4, -0.2) is 37.8 Å². The Morgan fingerprint density at radius 3 is 2.32 bits per heavy atom. The third kappa shape index (κ3) is 5.81. The van der Waals surface area contributed by atoms with Crippen molar-refractivity contribution in [2.45, 2.75) is 44.7 Å². The first-order valence-electron chi connectivity index (χ1n) is 9.02. The van der Waals surface area contributed by atoms with E-state index in [0.717, 1.165) is 11.1 Å². The number of ether oxygens (including phenoxy) is 1. The predicted octanol–water partition coefficient (Wildman–Crippen LogP) is 3.11. The van der Waals surface area contributed by atoms with E-state index in [-0.39, 0.29) is 29.6 Å². The van der Waals surface area contributed by atoms with Crippen molar-refractivity contribution in [1.29, 1.82) is 0 Å². The van der Waals surface area contributed by atoms with Crippen LogP contribution in [-0.2, 0) is 21.4 Å². The minimum absolute atomic E-state index is 0.0505. The molecule has 0 saturated heterocycles. The summed E-state index contributed by atoms with van der Waals surface area (Å²) < 4.78 is 33.3. The molecule has 0 aromatic heterocycles. The molecule has 0 fully saturated rings. The van der Waals surface area contributed by atoms with Gasteiger partial charge in [0.15, 0.2) is 0 Å². The summed E-state index contributed by atoms with van der Waals surface area (Å²) >= 11 is 0. The van der Waals surface area contributed by atoms with Crippen LogP contribution in [0.2, 0.25) is 0 Å². The van der Waals surface area contributed by atoms with Gasteiger partial charge in [0.1, 0.15) is 10.6 Å². The van der Waals surface area contributed by atoms with E-state index in [0.29, 0.717) is 0 Å². The van der Waals surface area contributed by atoms with Crippen LogP contribution in [0.15, 0.2) is 53.4 Å². The second kappa shape index (κ2) is 8.75. The summed E-state index contributed by atoms with van der Waals surface area (Å²) in [5, 5.41) is 2.82. The monoisotopic (exact) mass is 404 g/mol. The minimum atomic E-state index is -3.97. The second-order valence-electron chi connectivity index (χ2n) is 7.71. The molecule has 0 spiro atoms. The number of sulfonamides is 1. The third-order valence-electron chi connectivity index (χ3n) is 3.97. The number of amides is 1. The number of hydrogen-bond acceptors (Lipinski definition) is 4. The van der Waals surface area contributed by atoms with Crippen LogP contribution in [0.5, 0.6) is 5.75 Å². The molecule has 0 saturated carbocycles. The Morgan fingerprint density at radius 2 is 1.75 bits per heavy atom. The molecule has 6 nitrogen and oxygen atoms in total. The number of hydrogen-bond donors (Lipinski definition) is 1. The summed E-state index contributed by atoms with van der Waals surface area (Å²) in [5.74, 6) is -0.112. The van der Waals surface area contributed by atoms with Crippen molar-refractivity contribution in [3.63, 3.8) is 0 Å². The molecule has 28 heavy (non-hydrogen) atoms. The van der Waals surface area contributed by atoms with Gasteiger partial charge in [0.25, 0.3) is 0 Å². The van der Waals surface area contributed by atoms with Crippen LogP contribution >= 0.6 is 0 Å². The first kappa shape index (κ1) is 21.9. The Bertz CT molecular complexity index is 919. The molecule has 0 atom stereocenters. The molecule has 0 heterocycles. The molecule has 1 N–H and O–H groups in total. The molecule has 0 bridgehead atoms. The highest BCUT2D eigenvalue weighted by molar-refractivity contribution is 7.89.